The van der Waals surface area contributed by atoms with Crippen molar-refractivity contribution < 1.29 is 5.21 Å². The molecule has 1 aromatic heterocycles. The summed E-state index contributed by atoms with van der Waals surface area (Å²) >= 11 is 0. The van der Waals surface area contributed by atoms with E-state index in [0.717, 1.165) is 25.1 Å². The lowest BCUT2D eigenvalue weighted by atomic mass is 9.86. The number of nitrogens with one attached hydrogen (secondary N) is 1. The Morgan fingerprint density at radius 1 is 1.53 bits per heavy atom. The number of nitrogens with zero attached hydrogens (tertiary/aromatic N) is 2. The van der Waals surface area contributed by atoms with Gasteiger partial charge in [0.2, 0.25) is 0 Å². The molecule has 1 heterocycles. The number of aromatic nitrogens is 1. The largest absolute Gasteiger partial charge is 0.409 e. The Morgan fingerprint density at radius 3 is 2.84 bits per heavy atom. The van der Waals surface area contributed by atoms with E-state index in [1.165, 1.54) is 0 Å². The second-order valence-corrected chi connectivity index (χ2v) is 5.40. The number of rotatable bonds is 7. The van der Waals surface area contributed by atoms with Gasteiger partial charge in [-0.05, 0) is 38.4 Å². The van der Waals surface area contributed by atoms with Crippen LogP contribution in [0.3, 0.4) is 0 Å². The van der Waals surface area contributed by atoms with Gasteiger partial charge in [0.1, 0.15) is 5.84 Å². The zero-order chi connectivity index (χ0) is 14.3. The van der Waals surface area contributed by atoms with E-state index in [1.807, 2.05) is 32.0 Å². The average molecular weight is 264 g/mol. The lowest BCUT2D eigenvalue weighted by molar-refractivity contribution is 0.304. The van der Waals surface area contributed by atoms with Crippen molar-refractivity contribution in [2.45, 2.75) is 39.7 Å². The first-order valence-electron chi connectivity index (χ1n) is 6.59. The summed E-state index contributed by atoms with van der Waals surface area (Å²) in [6.07, 6.45) is 3.63. The molecule has 1 aromatic rings. The Kier molecular flexibility index (Phi) is 5.76. The number of amidine groups is 1. The molecule has 0 aliphatic carbocycles. The van der Waals surface area contributed by atoms with Crippen LogP contribution in [0.5, 0.6) is 0 Å². The van der Waals surface area contributed by atoms with Gasteiger partial charge >= 0.3 is 0 Å². The minimum absolute atomic E-state index is 0.230. The Labute approximate surface area is 114 Å². The van der Waals surface area contributed by atoms with Crippen LogP contribution in [-0.4, -0.2) is 22.6 Å². The third kappa shape index (κ3) is 4.87. The predicted octanol–water partition coefficient (Wildman–Crippen LogP) is 2.29. The molecule has 0 spiro atoms. The molecule has 0 radical (unpaired) electrons. The van der Waals surface area contributed by atoms with Gasteiger partial charge < -0.3 is 16.3 Å². The molecular formula is C14H24N4O. The van der Waals surface area contributed by atoms with Crippen LogP contribution in [0.25, 0.3) is 0 Å². The van der Waals surface area contributed by atoms with Crippen molar-refractivity contribution >= 4 is 5.84 Å². The summed E-state index contributed by atoms with van der Waals surface area (Å²) in [5.74, 6) is 0.283. The van der Waals surface area contributed by atoms with Gasteiger partial charge in [-0.15, -0.1) is 0 Å². The van der Waals surface area contributed by atoms with E-state index in [-0.39, 0.29) is 17.3 Å². The second kappa shape index (κ2) is 7.09. The summed E-state index contributed by atoms with van der Waals surface area (Å²) in [4.78, 5) is 4.31. The van der Waals surface area contributed by atoms with Gasteiger partial charge in [0, 0.05) is 17.7 Å². The Balaban J connectivity index is 2.32. The fourth-order valence-electron chi connectivity index (χ4n) is 1.85. The van der Waals surface area contributed by atoms with Crippen molar-refractivity contribution in [1.29, 1.82) is 0 Å². The van der Waals surface area contributed by atoms with Gasteiger partial charge in [0.05, 0.1) is 5.69 Å². The van der Waals surface area contributed by atoms with E-state index in [4.69, 9.17) is 10.9 Å². The Morgan fingerprint density at radius 2 is 2.26 bits per heavy atom. The minimum atomic E-state index is -0.273. The molecule has 1 atom stereocenters. The molecule has 0 saturated heterocycles. The lowest BCUT2D eigenvalue weighted by Gasteiger charge is -2.23. The highest BCUT2D eigenvalue weighted by Gasteiger charge is 2.22. The topological polar surface area (TPSA) is 83.5 Å². The van der Waals surface area contributed by atoms with E-state index >= 15 is 0 Å². The normalized spacial score (nSPS) is 14.4. The standard InChI is InChI=1S/C14H24N4O/c1-11(12-7-4-5-9-17-12)16-10-6-8-14(2,3)13(15)18-19/h4-5,7,9,11,16,19H,6,8,10H2,1-3H3,(H2,15,18)/t11-/m0/s1. The molecule has 5 heteroatoms. The molecule has 0 unspecified atom stereocenters. The van der Waals surface area contributed by atoms with E-state index < -0.39 is 0 Å². The summed E-state index contributed by atoms with van der Waals surface area (Å²) < 4.78 is 0. The Hall–Kier alpha value is -1.62. The van der Waals surface area contributed by atoms with E-state index in [1.54, 1.807) is 6.20 Å². The van der Waals surface area contributed by atoms with E-state index in [0.29, 0.717) is 0 Å². The van der Waals surface area contributed by atoms with Crippen LogP contribution in [0.1, 0.15) is 45.3 Å². The highest BCUT2D eigenvalue weighted by Crippen LogP contribution is 2.22. The third-order valence-corrected chi connectivity index (χ3v) is 3.36. The van der Waals surface area contributed by atoms with Crippen molar-refractivity contribution in [1.82, 2.24) is 10.3 Å². The smallest absolute Gasteiger partial charge is 0.144 e. The van der Waals surface area contributed by atoms with Crippen LogP contribution in [-0.2, 0) is 0 Å². The van der Waals surface area contributed by atoms with Crippen LogP contribution in [0.15, 0.2) is 29.6 Å². The van der Waals surface area contributed by atoms with E-state index in [2.05, 4.69) is 22.4 Å². The maximum atomic E-state index is 8.70. The minimum Gasteiger partial charge on any atom is -0.409 e. The molecule has 19 heavy (non-hydrogen) atoms. The maximum absolute atomic E-state index is 8.70. The van der Waals surface area contributed by atoms with Crippen LogP contribution in [0.2, 0.25) is 0 Å². The second-order valence-electron chi connectivity index (χ2n) is 5.40. The first-order chi connectivity index (χ1) is 8.97. The average Bonchev–Trinajstić information content (AvgIpc) is 2.43. The molecule has 0 amide bonds. The molecule has 106 valence electrons. The number of hydrogen-bond donors (Lipinski definition) is 3. The molecule has 1 rings (SSSR count). The molecular weight excluding hydrogens is 240 g/mol. The van der Waals surface area contributed by atoms with Gasteiger partial charge in [-0.3, -0.25) is 4.98 Å². The predicted molar refractivity (Wildman–Crippen MR) is 77.1 cm³/mol. The van der Waals surface area contributed by atoms with Crippen LogP contribution in [0, 0.1) is 5.41 Å². The van der Waals surface area contributed by atoms with Gasteiger partial charge in [0.15, 0.2) is 0 Å². The van der Waals surface area contributed by atoms with Gasteiger partial charge in [-0.2, -0.15) is 0 Å². The fourth-order valence-corrected chi connectivity index (χ4v) is 1.85. The van der Waals surface area contributed by atoms with Gasteiger partial charge in [-0.25, -0.2) is 0 Å². The van der Waals surface area contributed by atoms with Crippen LogP contribution < -0.4 is 11.1 Å². The first kappa shape index (κ1) is 15.4. The van der Waals surface area contributed by atoms with Crippen molar-refractivity contribution in [3.8, 4) is 0 Å². The van der Waals surface area contributed by atoms with Crippen LogP contribution >= 0.6 is 0 Å². The van der Waals surface area contributed by atoms with Crippen molar-refractivity contribution in [2.24, 2.45) is 16.3 Å². The zero-order valence-electron chi connectivity index (χ0n) is 11.9. The molecule has 0 aliphatic heterocycles. The first-order valence-corrected chi connectivity index (χ1v) is 6.59. The van der Waals surface area contributed by atoms with E-state index in [9.17, 15) is 0 Å². The quantitative estimate of drug-likeness (QED) is 0.232. The molecule has 5 nitrogen and oxygen atoms in total. The number of oxime groups is 1. The molecule has 0 bridgehead atoms. The molecule has 0 aromatic carbocycles. The van der Waals surface area contributed by atoms with Crippen molar-refractivity contribution in [3.63, 3.8) is 0 Å². The summed E-state index contributed by atoms with van der Waals surface area (Å²) in [6.45, 7) is 6.92. The van der Waals surface area contributed by atoms with Gasteiger partial charge in [-0.1, -0.05) is 25.1 Å². The summed E-state index contributed by atoms with van der Waals surface area (Å²) in [5.41, 5.74) is 6.42. The molecule has 4 N–H and O–H groups in total. The fraction of sp³-hybridized carbons (Fsp3) is 0.571. The summed E-state index contributed by atoms with van der Waals surface area (Å²) in [5, 5.41) is 15.2. The monoisotopic (exact) mass is 264 g/mol. The third-order valence-electron chi connectivity index (χ3n) is 3.36. The maximum Gasteiger partial charge on any atom is 0.144 e. The Bertz CT molecular complexity index is 403. The summed E-state index contributed by atoms with van der Waals surface area (Å²) in [6, 6.07) is 6.14. The van der Waals surface area contributed by atoms with Crippen molar-refractivity contribution in [3.05, 3.63) is 30.1 Å². The number of nitrogens with two attached hydrogens (primary N) is 1. The van der Waals surface area contributed by atoms with Gasteiger partial charge in [0.25, 0.3) is 0 Å². The SMILES string of the molecule is C[C@H](NCCCC(C)(C)/C(N)=N/O)c1ccccn1. The molecule has 0 fully saturated rings. The van der Waals surface area contributed by atoms with Crippen LogP contribution in [0.4, 0.5) is 0 Å². The number of hydrogen-bond acceptors (Lipinski definition) is 4. The highest BCUT2D eigenvalue weighted by atomic mass is 16.4. The number of pyridine rings is 1. The molecule has 0 saturated carbocycles. The lowest BCUT2D eigenvalue weighted by Crippen LogP contribution is -2.33. The van der Waals surface area contributed by atoms with Crippen molar-refractivity contribution in [2.75, 3.05) is 6.54 Å². The molecule has 0 aliphatic rings. The zero-order valence-corrected chi connectivity index (χ0v) is 11.9. The highest BCUT2D eigenvalue weighted by molar-refractivity contribution is 5.85. The summed E-state index contributed by atoms with van der Waals surface area (Å²) in [7, 11) is 0.